The number of rotatable bonds is 2. The molecule has 0 atom stereocenters. The molecule has 0 unspecified atom stereocenters. The zero-order valence-corrected chi connectivity index (χ0v) is 7.88. The van der Waals surface area contributed by atoms with E-state index >= 15 is 0 Å². The normalized spacial score (nSPS) is 14.8. The largest absolute Gasteiger partial charge is 0.271 e. The highest BCUT2D eigenvalue weighted by Gasteiger charge is 2.35. The molecule has 0 fully saturated rings. The first-order valence-corrected chi connectivity index (χ1v) is 4.86. The van der Waals surface area contributed by atoms with Crippen LogP contribution in [0.5, 0.6) is 0 Å². The molecule has 3 nitrogen and oxygen atoms in total. The second-order valence-electron chi connectivity index (χ2n) is 2.69. The van der Waals surface area contributed by atoms with Crippen molar-refractivity contribution in [2.24, 2.45) is 0 Å². The number of halogens is 1. The Hall–Kier alpha value is -1.36. The molecule has 0 aromatic heterocycles. The second kappa shape index (κ2) is 3.42. The third kappa shape index (κ3) is 1.21. The van der Waals surface area contributed by atoms with Crippen LogP contribution in [0.15, 0.2) is 24.3 Å². The van der Waals surface area contributed by atoms with Crippen LogP contribution in [0.25, 0.3) is 0 Å². The minimum Gasteiger partial charge on any atom is -0.268 e. The summed E-state index contributed by atoms with van der Waals surface area (Å²) in [4.78, 5) is 23.0. The summed E-state index contributed by atoms with van der Waals surface area (Å²) in [5.74, 6) is -0.874. The second-order valence-corrected chi connectivity index (χ2v) is 3.53. The average molecular weight is 211 g/mol. The zero-order chi connectivity index (χ0) is 10.1. The molecule has 0 aliphatic carbocycles. The summed E-state index contributed by atoms with van der Waals surface area (Å²) in [6, 6.07) is 5.69. The first-order valence-electron chi connectivity index (χ1n) is 3.92. The Bertz CT molecular complexity index is 373. The molecule has 1 aromatic rings. The van der Waals surface area contributed by atoms with Crippen molar-refractivity contribution in [3.05, 3.63) is 35.4 Å². The third-order valence-electron chi connectivity index (χ3n) is 1.93. The quantitative estimate of drug-likeness (QED) is 0.553. The molecule has 5 heteroatoms. The monoisotopic (exact) mass is 211 g/mol. The number of imide groups is 1. The van der Waals surface area contributed by atoms with Crippen LogP contribution in [0.3, 0.4) is 0 Å². The molecule has 14 heavy (non-hydrogen) atoms. The Labute approximate surface area is 84.0 Å². The smallest absolute Gasteiger partial charge is 0.268 e. The lowest BCUT2D eigenvalue weighted by Gasteiger charge is -2.08. The Kier molecular flexibility index (Phi) is 2.25. The van der Waals surface area contributed by atoms with E-state index in [2.05, 4.69) is 0 Å². The fourth-order valence-electron chi connectivity index (χ4n) is 1.33. The van der Waals surface area contributed by atoms with Gasteiger partial charge in [-0.1, -0.05) is 12.1 Å². The summed E-state index contributed by atoms with van der Waals surface area (Å²) >= 11 is 0.579. The Balaban J connectivity index is 2.43. The van der Waals surface area contributed by atoms with Gasteiger partial charge in [0, 0.05) is 0 Å². The van der Waals surface area contributed by atoms with E-state index in [9.17, 15) is 14.0 Å². The topological polar surface area (TPSA) is 37.4 Å². The summed E-state index contributed by atoms with van der Waals surface area (Å²) in [5.41, 5.74) is 0.692. The summed E-state index contributed by atoms with van der Waals surface area (Å²) in [7, 11) is 0. The molecule has 1 aromatic carbocycles. The van der Waals surface area contributed by atoms with Gasteiger partial charge in [0.15, 0.2) is 6.01 Å². The van der Waals surface area contributed by atoms with Crippen molar-refractivity contribution in [3.63, 3.8) is 0 Å². The van der Waals surface area contributed by atoms with Crippen LogP contribution in [-0.2, 0) is 0 Å². The van der Waals surface area contributed by atoms with Gasteiger partial charge in [0.2, 0.25) is 0 Å². The van der Waals surface area contributed by atoms with Crippen molar-refractivity contribution in [3.8, 4) is 0 Å². The molecule has 1 aliphatic rings. The Morgan fingerprint density at radius 3 is 2.07 bits per heavy atom. The van der Waals surface area contributed by atoms with Crippen molar-refractivity contribution in [1.29, 1.82) is 0 Å². The van der Waals surface area contributed by atoms with E-state index < -0.39 is 17.8 Å². The number of carbonyl (C=O) groups is 2. The first-order chi connectivity index (χ1) is 6.75. The van der Waals surface area contributed by atoms with Crippen molar-refractivity contribution >= 4 is 23.8 Å². The van der Waals surface area contributed by atoms with Crippen LogP contribution >= 0.6 is 11.9 Å². The summed E-state index contributed by atoms with van der Waals surface area (Å²) in [6.07, 6.45) is 0. The van der Waals surface area contributed by atoms with Crippen molar-refractivity contribution in [2.75, 3.05) is 6.01 Å². The number of hydrogen-bond donors (Lipinski definition) is 0. The van der Waals surface area contributed by atoms with E-state index in [1.165, 1.54) is 0 Å². The molecule has 0 spiro atoms. The van der Waals surface area contributed by atoms with Crippen LogP contribution in [-0.4, -0.2) is 22.1 Å². The van der Waals surface area contributed by atoms with Crippen molar-refractivity contribution in [1.82, 2.24) is 4.31 Å². The Morgan fingerprint density at radius 2 is 1.64 bits per heavy atom. The summed E-state index contributed by atoms with van der Waals surface area (Å²) in [5, 5.41) is 0. The highest BCUT2D eigenvalue weighted by molar-refractivity contribution is 7.97. The van der Waals surface area contributed by atoms with Crippen molar-refractivity contribution in [2.45, 2.75) is 0 Å². The molecule has 0 N–H and O–H groups in total. The molecule has 0 saturated heterocycles. The summed E-state index contributed by atoms with van der Waals surface area (Å²) in [6.45, 7) is 0. The molecule has 2 amide bonds. The van der Waals surface area contributed by atoms with Crippen LogP contribution in [0.4, 0.5) is 4.39 Å². The molecule has 72 valence electrons. The van der Waals surface area contributed by atoms with Gasteiger partial charge >= 0.3 is 0 Å². The maximum absolute atomic E-state index is 12.0. The maximum atomic E-state index is 12.0. The van der Waals surface area contributed by atoms with Gasteiger partial charge in [0.05, 0.1) is 11.1 Å². The fourth-order valence-corrected chi connectivity index (χ4v) is 1.86. The lowest BCUT2D eigenvalue weighted by molar-refractivity contribution is 0.0776. The number of fused-ring (bicyclic) bond motifs is 1. The highest BCUT2D eigenvalue weighted by atomic mass is 32.2. The molecule has 0 bridgehead atoms. The van der Waals surface area contributed by atoms with Gasteiger partial charge in [-0.05, 0) is 24.1 Å². The summed E-state index contributed by atoms with van der Waals surface area (Å²) < 4.78 is 12.9. The highest BCUT2D eigenvalue weighted by Crippen LogP contribution is 2.27. The fraction of sp³-hybridized carbons (Fsp3) is 0.111. The number of carbonyl (C=O) groups excluding carboxylic acids is 2. The SMILES string of the molecule is O=C1c2ccccc2C(=O)N1SCF. The minimum absolute atomic E-state index is 0.346. The van der Waals surface area contributed by atoms with Gasteiger partial charge in [-0.25, -0.2) is 8.70 Å². The van der Waals surface area contributed by atoms with Gasteiger partial charge < -0.3 is 0 Å². The van der Waals surface area contributed by atoms with Gasteiger partial charge in [-0.15, -0.1) is 0 Å². The van der Waals surface area contributed by atoms with Crippen LogP contribution < -0.4 is 0 Å². The molecule has 0 saturated carbocycles. The van der Waals surface area contributed by atoms with Gasteiger partial charge in [0.1, 0.15) is 0 Å². The van der Waals surface area contributed by atoms with Crippen LogP contribution in [0.2, 0.25) is 0 Å². The van der Waals surface area contributed by atoms with Crippen molar-refractivity contribution < 1.29 is 14.0 Å². The van der Waals surface area contributed by atoms with E-state index in [4.69, 9.17) is 0 Å². The lowest BCUT2D eigenvalue weighted by Crippen LogP contribution is -2.22. The van der Waals surface area contributed by atoms with Crippen LogP contribution in [0.1, 0.15) is 20.7 Å². The predicted octanol–water partition coefficient (Wildman–Crippen LogP) is 1.86. The molecule has 1 aliphatic heterocycles. The van der Waals surface area contributed by atoms with Crippen LogP contribution in [0, 0.1) is 0 Å². The zero-order valence-electron chi connectivity index (χ0n) is 7.07. The van der Waals surface area contributed by atoms with E-state index in [0.29, 0.717) is 23.1 Å². The Morgan fingerprint density at radius 1 is 1.14 bits per heavy atom. The number of hydrogen-bond acceptors (Lipinski definition) is 3. The molecule has 2 rings (SSSR count). The molecular weight excluding hydrogens is 205 g/mol. The molecule has 0 radical (unpaired) electrons. The van der Waals surface area contributed by atoms with Gasteiger partial charge in [0.25, 0.3) is 11.8 Å². The third-order valence-corrected chi connectivity index (χ3v) is 2.62. The first kappa shape index (κ1) is 9.21. The molecule has 1 heterocycles. The number of nitrogens with zero attached hydrogens (tertiary/aromatic N) is 1. The number of alkyl halides is 1. The lowest BCUT2D eigenvalue weighted by atomic mass is 10.1. The number of benzene rings is 1. The predicted molar refractivity (Wildman–Crippen MR) is 50.5 cm³/mol. The molecular formula is C9H6FNO2S. The maximum Gasteiger partial charge on any atom is 0.271 e. The van der Waals surface area contributed by atoms with E-state index in [1.54, 1.807) is 24.3 Å². The minimum atomic E-state index is -0.786. The van der Waals surface area contributed by atoms with E-state index in [-0.39, 0.29) is 0 Å². The standard InChI is InChI=1S/C9H6FNO2S/c10-5-14-11-8(12)6-3-1-2-4-7(6)9(11)13/h1-4H,5H2. The number of amides is 2. The van der Waals surface area contributed by atoms with Gasteiger partial charge in [-0.2, -0.15) is 0 Å². The average Bonchev–Trinajstić information content (AvgIpc) is 2.45. The van der Waals surface area contributed by atoms with E-state index in [0.717, 1.165) is 4.31 Å². The van der Waals surface area contributed by atoms with Gasteiger partial charge in [-0.3, -0.25) is 9.59 Å². The van der Waals surface area contributed by atoms with E-state index in [1.807, 2.05) is 0 Å².